The molecule has 0 saturated heterocycles. The van der Waals surface area contributed by atoms with Crippen LogP contribution in [-0.4, -0.2) is 11.7 Å². The summed E-state index contributed by atoms with van der Waals surface area (Å²) in [4.78, 5) is 0. The molecule has 1 saturated carbocycles. The van der Waals surface area contributed by atoms with Gasteiger partial charge in [0.05, 0.1) is 6.10 Å². The summed E-state index contributed by atoms with van der Waals surface area (Å²) in [6.45, 7) is 0.340. The largest absolute Gasteiger partial charge is 0.388 e. The molecule has 0 bridgehead atoms. The van der Waals surface area contributed by atoms with Gasteiger partial charge in [-0.3, -0.25) is 0 Å². The van der Waals surface area contributed by atoms with E-state index in [4.69, 9.17) is 5.73 Å². The standard InChI is InChI=1S/C12H15F2NO/c13-9-4-8(5-10(14)6-9)11(16)12(7-15)2-1-3-12/h4-6,11,16H,1-3,7,15H2. The molecule has 0 aromatic heterocycles. The van der Waals surface area contributed by atoms with Gasteiger partial charge < -0.3 is 10.8 Å². The highest BCUT2D eigenvalue weighted by molar-refractivity contribution is 5.23. The molecule has 2 nitrogen and oxygen atoms in total. The van der Waals surface area contributed by atoms with Gasteiger partial charge in [-0.2, -0.15) is 0 Å². The van der Waals surface area contributed by atoms with Crippen molar-refractivity contribution in [2.75, 3.05) is 6.54 Å². The smallest absolute Gasteiger partial charge is 0.126 e. The van der Waals surface area contributed by atoms with Crippen molar-refractivity contribution in [1.82, 2.24) is 0 Å². The summed E-state index contributed by atoms with van der Waals surface area (Å²) in [5, 5.41) is 10.1. The lowest BCUT2D eigenvalue weighted by Gasteiger charge is -2.44. The van der Waals surface area contributed by atoms with E-state index in [0.717, 1.165) is 25.3 Å². The first-order chi connectivity index (χ1) is 7.57. The van der Waals surface area contributed by atoms with Gasteiger partial charge in [0.1, 0.15) is 11.6 Å². The Labute approximate surface area is 93.1 Å². The minimum atomic E-state index is -0.878. The number of benzene rings is 1. The predicted octanol–water partition coefficient (Wildman–Crippen LogP) is 2.13. The summed E-state index contributed by atoms with van der Waals surface area (Å²) in [5.41, 5.74) is 5.53. The van der Waals surface area contributed by atoms with Crippen LogP contribution in [0.15, 0.2) is 18.2 Å². The van der Waals surface area contributed by atoms with Crippen molar-refractivity contribution < 1.29 is 13.9 Å². The molecule has 0 radical (unpaired) electrons. The Morgan fingerprint density at radius 2 is 1.81 bits per heavy atom. The highest BCUT2D eigenvalue weighted by atomic mass is 19.1. The van der Waals surface area contributed by atoms with Crippen LogP contribution in [0.2, 0.25) is 0 Å². The van der Waals surface area contributed by atoms with E-state index >= 15 is 0 Å². The van der Waals surface area contributed by atoms with E-state index in [1.807, 2.05) is 0 Å². The van der Waals surface area contributed by atoms with Crippen molar-refractivity contribution in [3.63, 3.8) is 0 Å². The molecule has 1 aromatic rings. The molecule has 1 atom stereocenters. The molecule has 2 rings (SSSR count). The molecule has 0 amide bonds. The fourth-order valence-corrected chi connectivity index (χ4v) is 2.31. The number of aliphatic hydroxyl groups is 1. The molecule has 0 spiro atoms. The fourth-order valence-electron chi connectivity index (χ4n) is 2.31. The third-order valence-corrected chi connectivity index (χ3v) is 3.54. The van der Waals surface area contributed by atoms with Crippen LogP contribution >= 0.6 is 0 Å². The minimum Gasteiger partial charge on any atom is -0.388 e. The van der Waals surface area contributed by atoms with Crippen LogP contribution in [0.5, 0.6) is 0 Å². The van der Waals surface area contributed by atoms with Crippen molar-refractivity contribution in [3.8, 4) is 0 Å². The Bertz CT molecular complexity index is 365. The van der Waals surface area contributed by atoms with E-state index in [-0.39, 0.29) is 11.0 Å². The van der Waals surface area contributed by atoms with Gasteiger partial charge in [-0.05, 0) is 30.5 Å². The summed E-state index contributed by atoms with van der Waals surface area (Å²) in [6, 6.07) is 3.14. The van der Waals surface area contributed by atoms with Gasteiger partial charge in [0, 0.05) is 18.0 Å². The number of rotatable bonds is 3. The average molecular weight is 227 g/mol. The third kappa shape index (κ3) is 1.83. The molecule has 1 unspecified atom stereocenters. The van der Waals surface area contributed by atoms with Crippen molar-refractivity contribution in [2.24, 2.45) is 11.1 Å². The first-order valence-electron chi connectivity index (χ1n) is 5.41. The Balaban J connectivity index is 2.29. The zero-order valence-electron chi connectivity index (χ0n) is 8.92. The maximum Gasteiger partial charge on any atom is 0.126 e. The summed E-state index contributed by atoms with van der Waals surface area (Å²) < 4.78 is 26.0. The monoisotopic (exact) mass is 227 g/mol. The zero-order chi connectivity index (χ0) is 11.8. The molecule has 4 heteroatoms. The highest BCUT2D eigenvalue weighted by Gasteiger charge is 2.43. The number of nitrogens with two attached hydrogens (primary N) is 1. The van der Waals surface area contributed by atoms with Crippen LogP contribution < -0.4 is 5.73 Å². The molecule has 0 aliphatic heterocycles. The van der Waals surface area contributed by atoms with Gasteiger partial charge in [0.15, 0.2) is 0 Å². The number of aliphatic hydroxyl groups excluding tert-OH is 1. The lowest BCUT2D eigenvalue weighted by Crippen LogP contribution is -2.42. The van der Waals surface area contributed by atoms with Gasteiger partial charge in [-0.15, -0.1) is 0 Å². The van der Waals surface area contributed by atoms with Crippen LogP contribution in [0.4, 0.5) is 8.78 Å². The molecule has 1 aliphatic carbocycles. The Hall–Kier alpha value is -1.00. The van der Waals surface area contributed by atoms with Gasteiger partial charge in [0.2, 0.25) is 0 Å². The molecule has 1 fully saturated rings. The van der Waals surface area contributed by atoms with Crippen LogP contribution in [0, 0.1) is 17.0 Å². The van der Waals surface area contributed by atoms with Crippen LogP contribution in [0.1, 0.15) is 30.9 Å². The molecule has 1 aromatic carbocycles. The van der Waals surface area contributed by atoms with Crippen molar-refractivity contribution >= 4 is 0 Å². The van der Waals surface area contributed by atoms with Crippen molar-refractivity contribution in [2.45, 2.75) is 25.4 Å². The normalized spacial score (nSPS) is 20.2. The summed E-state index contributed by atoms with van der Waals surface area (Å²) >= 11 is 0. The highest BCUT2D eigenvalue weighted by Crippen LogP contribution is 2.49. The van der Waals surface area contributed by atoms with Gasteiger partial charge in [0.25, 0.3) is 0 Å². The first kappa shape index (κ1) is 11.5. The minimum absolute atomic E-state index is 0.280. The molecule has 3 N–H and O–H groups in total. The Kier molecular flexibility index (Phi) is 2.95. The summed E-state index contributed by atoms with van der Waals surface area (Å²) in [6.07, 6.45) is 1.74. The second kappa shape index (κ2) is 4.11. The van der Waals surface area contributed by atoms with E-state index in [1.54, 1.807) is 0 Å². The van der Waals surface area contributed by atoms with Gasteiger partial charge in [-0.1, -0.05) is 6.42 Å². The first-order valence-corrected chi connectivity index (χ1v) is 5.41. The Morgan fingerprint density at radius 3 is 2.19 bits per heavy atom. The summed E-state index contributed by atoms with van der Waals surface area (Å²) in [5.74, 6) is -1.33. The van der Waals surface area contributed by atoms with Crippen molar-refractivity contribution in [3.05, 3.63) is 35.4 Å². The molecule has 1 aliphatic rings. The molecular weight excluding hydrogens is 212 g/mol. The van der Waals surface area contributed by atoms with E-state index in [1.165, 1.54) is 12.1 Å². The van der Waals surface area contributed by atoms with Crippen LogP contribution in [0.3, 0.4) is 0 Å². The lowest BCUT2D eigenvalue weighted by molar-refractivity contribution is -0.0300. The molecule has 0 heterocycles. The van der Waals surface area contributed by atoms with E-state index < -0.39 is 17.7 Å². The Morgan fingerprint density at radius 1 is 1.25 bits per heavy atom. The topological polar surface area (TPSA) is 46.2 Å². The second-order valence-electron chi connectivity index (χ2n) is 4.53. The maximum absolute atomic E-state index is 13.0. The predicted molar refractivity (Wildman–Crippen MR) is 56.7 cm³/mol. The maximum atomic E-state index is 13.0. The van der Waals surface area contributed by atoms with E-state index in [0.29, 0.717) is 6.54 Å². The number of halogens is 2. The van der Waals surface area contributed by atoms with E-state index in [9.17, 15) is 13.9 Å². The lowest BCUT2D eigenvalue weighted by atomic mass is 9.63. The molecule has 16 heavy (non-hydrogen) atoms. The third-order valence-electron chi connectivity index (χ3n) is 3.54. The summed E-state index contributed by atoms with van der Waals surface area (Å²) in [7, 11) is 0. The molecular formula is C12H15F2NO. The fraction of sp³-hybridized carbons (Fsp3) is 0.500. The van der Waals surface area contributed by atoms with Crippen molar-refractivity contribution in [1.29, 1.82) is 0 Å². The average Bonchev–Trinajstić information content (AvgIpc) is 2.15. The quantitative estimate of drug-likeness (QED) is 0.830. The SMILES string of the molecule is NCC1(C(O)c2cc(F)cc(F)c2)CCC1. The van der Waals surface area contributed by atoms with Crippen LogP contribution in [0.25, 0.3) is 0 Å². The number of hydrogen-bond donors (Lipinski definition) is 2. The van der Waals surface area contributed by atoms with Gasteiger partial charge >= 0.3 is 0 Å². The van der Waals surface area contributed by atoms with Crippen LogP contribution in [-0.2, 0) is 0 Å². The van der Waals surface area contributed by atoms with Gasteiger partial charge in [-0.25, -0.2) is 8.78 Å². The zero-order valence-corrected chi connectivity index (χ0v) is 8.92. The second-order valence-corrected chi connectivity index (χ2v) is 4.53. The number of hydrogen-bond acceptors (Lipinski definition) is 2. The van der Waals surface area contributed by atoms with E-state index in [2.05, 4.69) is 0 Å². The molecule has 88 valence electrons.